The summed E-state index contributed by atoms with van der Waals surface area (Å²) in [6.07, 6.45) is 6.64. The summed E-state index contributed by atoms with van der Waals surface area (Å²) < 4.78 is 0. The molecule has 0 saturated heterocycles. The van der Waals surface area contributed by atoms with Crippen LogP contribution in [0.5, 0.6) is 0 Å². The second-order valence-corrected chi connectivity index (χ2v) is 9.51. The molecule has 0 bridgehead atoms. The monoisotopic (exact) mass is 479 g/mol. The topological polar surface area (TPSA) is 81.6 Å². The molecule has 8 heteroatoms. The van der Waals surface area contributed by atoms with Gasteiger partial charge in [0.2, 0.25) is 5.91 Å². The highest BCUT2D eigenvalue weighted by atomic mass is 32.1. The van der Waals surface area contributed by atoms with Gasteiger partial charge in [-0.2, -0.15) is 0 Å². The molecule has 180 valence electrons. The molecule has 34 heavy (non-hydrogen) atoms. The number of rotatable bonds is 10. The fourth-order valence-electron chi connectivity index (χ4n) is 4.42. The van der Waals surface area contributed by atoms with Gasteiger partial charge < -0.3 is 20.2 Å². The number of carbonyl (C=O) groups is 1. The number of nitrogens with zero attached hydrogens (tertiary/aromatic N) is 4. The summed E-state index contributed by atoms with van der Waals surface area (Å²) in [6, 6.07) is 10.1. The van der Waals surface area contributed by atoms with Gasteiger partial charge in [-0.3, -0.25) is 4.79 Å². The van der Waals surface area contributed by atoms with E-state index in [1.807, 2.05) is 29.2 Å². The number of likely N-dealkylation sites (N-methyl/N-ethyl adjacent to an activating group) is 1. The van der Waals surface area contributed by atoms with Gasteiger partial charge in [-0.1, -0.05) is 50.3 Å². The summed E-state index contributed by atoms with van der Waals surface area (Å²) in [6.45, 7) is 8.37. The Bertz CT molecular complexity index is 1130. The molecule has 0 fully saturated rings. The van der Waals surface area contributed by atoms with Crippen LogP contribution in [-0.2, 0) is 17.8 Å². The molecule has 1 unspecified atom stereocenters. The van der Waals surface area contributed by atoms with Crippen LogP contribution in [0.15, 0.2) is 48.8 Å². The number of fused-ring (bicyclic) bond motifs is 3. The number of anilines is 1. The number of benzene rings is 1. The largest absolute Gasteiger partial charge is 0.396 e. The molecule has 1 aliphatic rings. The average Bonchev–Trinajstić information content (AvgIpc) is 3.25. The molecular formula is C26H33N5O2S. The molecule has 2 N–H and O–H groups in total. The minimum absolute atomic E-state index is 0.0440. The first kappa shape index (κ1) is 24.3. The number of nitrogens with one attached hydrogen (secondary N) is 1. The van der Waals surface area contributed by atoms with E-state index in [0.29, 0.717) is 19.5 Å². The molecule has 7 nitrogen and oxygen atoms in total. The first-order chi connectivity index (χ1) is 16.6. The van der Waals surface area contributed by atoms with Crippen LogP contribution in [-0.4, -0.2) is 63.6 Å². The number of hydrogen-bond acceptors (Lipinski definition) is 7. The predicted molar refractivity (Wildman–Crippen MR) is 138 cm³/mol. The van der Waals surface area contributed by atoms with Gasteiger partial charge in [0.25, 0.3) is 0 Å². The Morgan fingerprint density at radius 2 is 2.06 bits per heavy atom. The smallest absolute Gasteiger partial charge is 0.246 e. The second kappa shape index (κ2) is 11.6. The highest BCUT2D eigenvalue weighted by molar-refractivity contribution is 7.19. The maximum absolute atomic E-state index is 12.8. The number of aliphatic hydroxyl groups is 1. The zero-order chi connectivity index (χ0) is 23.9. The summed E-state index contributed by atoms with van der Waals surface area (Å²) in [7, 11) is 0. The molecular weight excluding hydrogens is 446 g/mol. The van der Waals surface area contributed by atoms with E-state index in [1.165, 1.54) is 10.4 Å². The van der Waals surface area contributed by atoms with Crippen LogP contribution in [0, 0.1) is 0 Å². The van der Waals surface area contributed by atoms with Crippen molar-refractivity contribution in [3.8, 4) is 0 Å². The Kier molecular flexibility index (Phi) is 8.26. The lowest BCUT2D eigenvalue weighted by atomic mass is 10.0. The van der Waals surface area contributed by atoms with Gasteiger partial charge >= 0.3 is 0 Å². The first-order valence-corrected chi connectivity index (χ1v) is 12.8. The highest BCUT2D eigenvalue weighted by Crippen LogP contribution is 2.38. The SMILES string of the molecule is CCN(CC)CC=CC(=O)N1CCc2c(sc3ncnc(NC(CCO)c4ccccc4)c23)C1. The molecule has 1 aliphatic heterocycles. The summed E-state index contributed by atoms with van der Waals surface area (Å²) in [4.78, 5) is 28.2. The van der Waals surface area contributed by atoms with Gasteiger partial charge in [0.1, 0.15) is 17.0 Å². The molecule has 1 amide bonds. The van der Waals surface area contributed by atoms with Crippen molar-refractivity contribution in [3.05, 3.63) is 64.8 Å². The molecule has 0 spiro atoms. The lowest BCUT2D eigenvalue weighted by Gasteiger charge is -2.26. The van der Waals surface area contributed by atoms with Crippen molar-refractivity contribution < 1.29 is 9.90 Å². The number of amides is 1. The lowest BCUT2D eigenvalue weighted by molar-refractivity contribution is -0.126. The minimum Gasteiger partial charge on any atom is -0.396 e. The molecule has 3 heterocycles. The van der Waals surface area contributed by atoms with Crippen LogP contribution in [0.2, 0.25) is 0 Å². The number of aromatic nitrogens is 2. The second-order valence-electron chi connectivity index (χ2n) is 8.42. The standard InChI is InChI=1S/C26H33N5O2S/c1-3-30(4-2)14-8-11-23(33)31-15-12-20-22(17-31)34-26-24(20)25(27-18-28-26)29-21(13-16-32)19-9-6-5-7-10-19/h5-11,18,21,32H,3-4,12-17H2,1-2H3,(H,27,28,29). The van der Waals surface area contributed by atoms with Crippen molar-refractivity contribution in [2.75, 3.05) is 38.1 Å². The van der Waals surface area contributed by atoms with Crippen LogP contribution >= 0.6 is 11.3 Å². The third-order valence-corrected chi connectivity index (χ3v) is 7.52. The minimum atomic E-state index is -0.0440. The molecule has 0 saturated carbocycles. The zero-order valence-corrected chi connectivity index (χ0v) is 20.7. The van der Waals surface area contributed by atoms with Gasteiger partial charge in [-0.25, -0.2) is 9.97 Å². The number of carbonyl (C=O) groups excluding carboxylic acids is 1. The Morgan fingerprint density at radius 3 is 2.79 bits per heavy atom. The number of aliphatic hydroxyl groups excluding tert-OH is 1. The van der Waals surface area contributed by atoms with Gasteiger partial charge in [-0.05, 0) is 37.1 Å². The van der Waals surface area contributed by atoms with Crippen LogP contribution in [0.25, 0.3) is 10.2 Å². The average molecular weight is 480 g/mol. The van der Waals surface area contributed by atoms with Gasteiger partial charge in [0.05, 0.1) is 18.0 Å². The van der Waals surface area contributed by atoms with Crippen molar-refractivity contribution in [2.45, 2.75) is 39.3 Å². The molecule has 1 aromatic carbocycles. The van der Waals surface area contributed by atoms with Crippen LogP contribution < -0.4 is 5.32 Å². The Hall–Kier alpha value is -2.81. The molecule has 0 radical (unpaired) electrons. The van der Waals surface area contributed by atoms with E-state index < -0.39 is 0 Å². The van der Waals surface area contributed by atoms with E-state index in [4.69, 9.17) is 0 Å². The summed E-state index contributed by atoms with van der Waals surface area (Å²) in [5.74, 6) is 0.857. The maximum Gasteiger partial charge on any atom is 0.246 e. The molecule has 0 aliphatic carbocycles. The molecule has 2 aromatic heterocycles. The quantitative estimate of drug-likeness (QED) is 0.428. The van der Waals surface area contributed by atoms with Crippen molar-refractivity contribution in [3.63, 3.8) is 0 Å². The number of thiophene rings is 1. The van der Waals surface area contributed by atoms with Gasteiger partial charge in [0, 0.05) is 30.6 Å². The van der Waals surface area contributed by atoms with Crippen molar-refractivity contribution in [1.82, 2.24) is 19.8 Å². The van der Waals surface area contributed by atoms with E-state index in [2.05, 4.69) is 46.2 Å². The van der Waals surface area contributed by atoms with Crippen molar-refractivity contribution in [2.24, 2.45) is 0 Å². The van der Waals surface area contributed by atoms with Crippen LogP contribution in [0.1, 0.15) is 42.3 Å². The lowest BCUT2D eigenvalue weighted by Crippen LogP contribution is -2.34. The highest BCUT2D eigenvalue weighted by Gasteiger charge is 2.26. The van der Waals surface area contributed by atoms with E-state index in [9.17, 15) is 9.90 Å². The van der Waals surface area contributed by atoms with Gasteiger partial charge in [-0.15, -0.1) is 11.3 Å². The first-order valence-electron chi connectivity index (χ1n) is 12.0. The van der Waals surface area contributed by atoms with Crippen molar-refractivity contribution >= 4 is 33.3 Å². The van der Waals surface area contributed by atoms with Crippen molar-refractivity contribution in [1.29, 1.82) is 0 Å². The maximum atomic E-state index is 12.8. The molecule has 3 aromatic rings. The molecule has 4 rings (SSSR count). The fourth-order valence-corrected chi connectivity index (χ4v) is 5.62. The third kappa shape index (κ3) is 5.46. The van der Waals surface area contributed by atoms with E-state index in [-0.39, 0.29) is 18.6 Å². The zero-order valence-electron chi connectivity index (χ0n) is 19.9. The molecule has 1 atom stereocenters. The fraction of sp³-hybridized carbons (Fsp3) is 0.423. The van der Waals surface area contributed by atoms with E-state index in [1.54, 1.807) is 23.7 Å². The Morgan fingerprint density at radius 1 is 1.26 bits per heavy atom. The normalized spacial score (nSPS) is 14.6. The van der Waals surface area contributed by atoms with Crippen LogP contribution in [0.4, 0.5) is 5.82 Å². The van der Waals surface area contributed by atoms with E-state index in [0.717, 1.165) is 47.7 Å². The third-order valence-electron chi connectivity index (χ3n) is 6.40. The Labute approximate surface area is 205 Å². The number of hydrogen-bond donors (Lipinski definition) is 2. The van der Waals surface area contributed by atoms with Crippen LogP contribution in [0.3, 0.4) is 0 Å². The summed E-state index contributed by atoms with van der Waals surface area (Å²) in [5.41, 5.74) is 2.34. The summed E-state index contributed by atoms with van der Waals surface area (Å²) in [5, 5.41) is 14.2. The van der Waals surface area contributed by atoms with Gasteiger partial charge in [0.15, 0.2) is 0 Å². The predicted octanol–water partition coefficient (Wildman–Crippen LogP) is 4.01. The Balaban J connectivity index is 1.53. The van der Waals surface area contributed by atoms with E-state index >= 15 is 0 Å². The summed E-state index contributed by atoms with van der Waals surface area (Å²) >= 11 is 1.64.